The maximum atomic E-state index is 10.1. The molecule has 0 unspecified atom stereocenters. The van der Waals surface area contributed by atoms with Crippen LogP contribution in [0.1, 0.15) is 35.8 Å². The number of fused-ring (bicyclic) bond motifs is 4. The normalized spacial score (nSPS) is 19.8. The maximum absolute atomic E-state index is 10.1. The van der Waals surface area contributed by atoms with Crippen LogP contribution in [0.2, 0.25) is 0 Å². The molecule has 7 heteroatoms. The van der Waals surface area contributed by atoms with E-state index in [1.165, 1.54) is 16.6 Å². The molecule has 6 rings (SSSR count). The molecular formula is C28H32N4O3. The van der Waals surface area contributed by atoms with E-state index < -0.39 is 0 Å². The van der Waals surface area contributed by atoms with Crippen molar-refractivity contribution in [2.45, 2.75) is 30.8 Å². The molecule has 7 nitrogen and oxygen atoms in total. The lowest BCUT2D eigenvalue weighted by Gasteiger charge is -2.46. The maximum Gasteiger partial charge on any atom is 0.167 e. The van der Waals surface area contributed by atoms with Gasteiger partial charge in [-0.2, -0.15) is 0 Å². The van der Waals surface area contributed by atoms with E-state index in [2.05, 4.69) is 51.3 Å². The highest BCUT2D eigenvalue weighted by Gasteiger charge is 2.45. The van der Waals surface area contributed by atoms with E-state index in [-0.39, 0.29) is 18.1 Å². The zero-order valence-corrected chi connectivity index (χ0v) is 20.3. The molecule has 0 bridgehead atoms. The average molecular weight is 473 g/mol. The van der Waals surface area contributed by atoms with Gasteiger partial charge in [0, 0.05) is 54.3 Å². The van der Waals surface area contributed by atoms with E-state index in [0.717, 1.165) is 67.3 Å². The monoisotopic (exact) mass is 472 g/mol. The van der Waals surface area contributed by atoms with Gasteiger partial charge in [-0.15, -0.1) is 0 Å². The number of likely N-dealkylation sites (tertiary alicyclic amines) is 1. The number of ether oxygens (including phenoxy) is 1. The largest absolute Gasteiger partial charge is 0.497 e. The summed E-state index contributed by atoms with van der Waals surface area (Å²) in [4.78, 5) is 2.48. The van der Waals surface area contributed by atoms with E-state index >= 15 is 0 Å². The van der Waals surface area contributed by atoms with Crippen molar-refractivity contribution in [1.29, 1.82) is 0 Å². The van der Waals surface area contributed by atoms with Gasteiger partial charge < -0.3 is 24.3 Å². The molecule has 0 aliphatic carbocycles. The molecule has 1 saturated heterocycles. The molecule has 1 atom stereocenters. The SMILES string of the molecule is COc1ccc2c3c(n(C)c2c1)[C@H](CO)NCC31CCN(Cc2cc(-c3ccccc3)on2)CC1. The fraction of sp³-hybridized carbons (Fsp3) is 0.393. The van der Waals surface area contributed by atoms with Gasteiger partial charge in [0.1, 0.15) is 5.75 Å². The van der Waals surface area contributed by atoms with Gasteiger partial charge >= 0.3 is 0 Å². The van der Waals surface area contributed by atoms with Crippen molar-refractivity contribution in [2.24, 2.45) is 7.05 Å². The highest BCUT2D eigenvalue weighted by molar-refractivity contribution is 5.88. The van der Waals surface area contributed by atoms with Gasteiger partial charge in [0.05, 0.1) is 31.0 Å². The Morgan fingerprint density at radius 3 is 2.69 bits per heavy atom. The van der Waals surface area contributed by atoms with E-state index in [4.69, 9.17) is 9.26 Å². The summed E-state index contributed by atoms with van der Waals surface area (Å²) in [5, 5.41) is 19.4. The van der Waals surface area contributed by atoms with E-state index in [1.54, 1.807) is 7.11 Å². The van der Waals surface area contributed by atoms with Crippen molar-refractivity contribution in [3.05, 3.63) is 71.5 Å². The summed E-state index contributed by atoms with van der Waals surface area (Å²) in [7, 11) is 3.81. The Labute approximate surface area is 205 Å². The van der Waals surface area contributed by atoms with Gasteiger partial charge in [-0.05, 0) is 43.6 Å². The van der Waals surface area contributed by atoms with Crippen LogP contribution in [0, 0.1) is 0 Å². The van der Waals surface area contributed by atoms with Crippen LogP contribution < -0.4 is 10.1 Å². The average Bonchev–Trinajstić information content (AvgIpc) is 3.49. The molecule has 0 saturated carbocycles. The van der Waals surface area contributed by atoms with Crippen LogP contribution in [-0.2, 0) is 19.0 Å². The standard InChI is InChI=1S/C28H32N4O3/c1-31-24-15-21(34-2)8-9-22(24)26-27(31)23(17-33)29-18-28(26)10-12-32(13-11-28)16-20-14-25(35-30-20)19-6-4-3-5-7-19/h3-9,14-15,23,29,33H,10-13,16-18H2,1-2H3/t23-/m0/s1. The van der Waals surface area contributed by atoms with Gasteiger partial charge in [-0.3, -0.25) is 4.90 Å². The first kappa shape index (κ1) is 22.3. The molecular weight excluding hydrogens is 440 g/mol. The number of aryl methyl sites for hydroxylation is 1. The molecule has 2 aromatic heterocycles. The zero-order chi connectivity index (χ0) is 24.0. The molecule has 0 radical (unpaired) electrons. The van der Waals surface area contributed by atoms with Crippen molar-refractivity contribution in [1.82, 2.24) is 19.9 Å². The topological polar surface area (TPSA) is 75.7 Å². The highest BCUT2D eigenvalue weighted by atomic mass is 16.5. The van der Waals surface area contributed by atoms with Crippen molar-refractivity contribution in [3.8, 4) is 17.1 Å². The number of piperidine rings is 1. The second-order valence-corrected chi connectivity index (χ2v) is 9.92. The van der Waals surface area contributed by atoms with Gasteiger partial charge in [-0.25, -0.2) is 0 Å². The molecule has 2 aliphatic heterocycles. The molecule has 182 valence electrons. The molecule has 1 fully saturated rings. The number of hydrogen-bond acceptors (Lipinski definition) is 6. The van der Waals surface area contributed by atoms with Crippen LogP contribution in [0.25, 0.3) is 22.2 Å². The quantitative estimate of drug-likeness (QED) is 0.457. The predicted octanol–water partition coefficient (Wildman–Crippen LogP) is 4.01. The first-order chi connectivity index (χ1) is 17.1. The molecule has 4 aromatic rings. The number of nitrogens with zero attached hydrogens (tertiary/aromatic N) is 3. The van der Waals surface area contributed by atoms with Crippen molar-refractivity contribution < 1.29 is 14.4 Å². The molecule has 2 N–H and O–H groups in total. The third kappa shape index (κ3) is 3.75. The van der Waals surface area contributed by atoms with Crippen molar-refractivity contribution in [3.63, 3.8) is 0 Å². The van der Waals surface area contributed by atoms with Gasteiger partial charge in [0.2, 0.25) is 0 Å². The van der Waals surface area contributed by atoms with Crippen LogP contribution in [0.5, 0.6) is 5.75 Å². The summed E-state index contributed by atoms with van der Waals surface area (Å²) < 4.78 is 13.4. The molecule has 2 aliphatic rings. The van der Waals surface area contributed by atoms with Gasteiger partial charge in [0.25, 0.3) is 0 Å². The summed E-state index contributed by atoms with van der Waals surface area (Å²) in [5.41, 5.74) is 5.84. The summed E-state index contributed by atoms with van der Waals surface area (Å²) in [6, 6.07) is 18.5. The van der Waals surface area contributed by atoms with Crippen molar-refractivity contribution in [2.75, 3.05) is 33.4 Å². The van der Waals surface area contributed by atoms with Crippen LogP contribution >= 0.6 is 0 Å². The zero-order valence-electron chi connectivity index (χ0n) is 20.3. The number of hydrogen-bond donors (Lipinski definition) is 2. The number of benzene rings is 2. The molecule has 35 heavy (non-hydrogen) atoms. The molecule has 0 amide bonds. The lowest BCUT2D eigenvalue weighted by molar-refractivity contribution is 0.129. The Bertz CT molecular complexity index is 1340. The number of methoxy groups -OCH3 is 1. The van der Waals surface area contributed by atoms with E-state index in [0.29, 0.717) is 0 Å². The fourth-order valence-electron chi connectivity index (χ4n) is 6.10. The van der Waals surface area contributed by atoms with Crippen LogP contribution in [-0.4, -0.2) is 53.1 Å². The number of rotatable bonds is 5. The van der Waals surface area contributed by atoms with Crippen LogP contribution in [0.4, 0.5) is 0 Å². The van der Waals surface area contributed by atoms with Gasteiger partial charge in [0.15, 0.2) is 5.76 Å². The Balaban J connectivity index is 1.26. The third-order valence-electron chi connectivity index (χ3n) is 8.00. The second kappa shape index (κ2) is 8.82. The second-order valence-electron chi connectivity index (χ2n) is 9.92. The summed E-state index contributed by atoms with van der Waals surface area (Å²) >= 11 is 0. The minimum Gasteiger partial charge on any atom is -0.497 e. The predicted molar refractivity (Wildman–Crippen MR) is 135 cm³/mol. The van der Waals surface area contributed by atoms with Crippen molar-refractivity contribution >= 4 is 10.9 Å². The third-order valence-corrected chi connectivity index (χ3v) is 8.00. The lowest BCUT2D eigenvalue weighted by Crippen LogP contribution is -2.52. The first-order valence-electron chi connectivity index (χ1n) is 12.4. The Hall–Kier alpha value is -3.13. The Kier molecular flexibility index (Phi) is 5.63. The summed E-state index contributed by atoms with van der Waals surface area (Å²) in [5.74, 6) is 1.67. The fourth-order valence-corrected chi connectivity index (χ4v) is 6.10. The minimum absolute atomic E-state index is 0.0463. The smallest absolute Gasteiger partial charge is 0.167 e. The highest BCUT2D eigenvalue weighted by Crippen LogP contribution is 2.47. The van der Waals surface area contributed by atoms with E-state index in [9.17, 15) is 5.11 Å². The number of aliphatic hydroxyl groups is 1. The molecule has 2 aromatic carbocycles. The first-order valence-corrected chi connectivity index (χ1v) is 12.4. The number of aromatic nitrogens is 2. The van der Waals surface area contributed by atoms with Crippen LogP contribution in [0.15, 0.2) is 59.1 Å². The number of nitrogens with one attached hydrogen (secondary N) is 1. The molecule has 1 spiro atoms. The summed E-state index contributed by atoms with van der Waals surface area (Å²) in [6.07, 6.45) is 2.11. The van der Waals surface area contributed by atoms with Crippen LogP contribution in [0.3, 0.4) is 0 Å². The summed E-state index contributed by atoms with van der Waals surface area (Å²) in [6.45, 7) is 3.74. The van der Waals surface area contributed by atoms with E-state index in [1.807, 2.05) is 30.3 Å². The minimum atomic E-state index is -0.0522. The Morgan fingerprint density at radius 1 is 1.14 bits per heavy atom. The lowest BCUT2D eigenvalue weighted by atomic mass is 9.69. The molecule has 4 heterocycles. The van der Waals surface area contributed by atoms with Gasteiger partial charge in [-0.1, -0.05) is 35.5 Å². The Morgan fingerprint density at radius 2 is 1.94 bits per heavy atom. The number of aliphatic hydroxyl groups excluding tert-OH is 1.